The van der Waals surface area contributed by atoms with Crippen molar-refractivity contribution in [2.45, 2.75) is 20.4 Å². The van der Waals surface area contributed by atoms with Gasteiger partial charge in [-0.2, -0.15) is 0 Å². The smallest absolute Gasteiger partial charge is 0.164 e. The third-order valence-corrected chi connectivity index (χ3v) is 3.33. The fourth-order valence-electron chi connectivity index (χ4n) is 2.47. The van der Waals surface area contributed by atoms with E-state index < -0.39 is 0 Å². The van der Waals surface area contributed by atoms with E-state index in [1.54, 1.807) is 0 Å². The zero-order valence-corrected chi connectivity index (χ0v) is 10.8. The Balaban J connectivity index is 1.92. The van der Waals surface area contributed by atoms with Gasteiger partial charge in [-0.25, -0.2) is 4.98 Å². The summed E-state index contributed by atoms with van der Waals surface area (Å²) in [6.07, 6.45) is 0. The molecule has 3 rings (SSSR count). The van der Waals surface area contributed by atoms with Crippen LogP contribution in [0.5, 0.6) is 0 Å². The summed E-state index contributed by atoms with van der Waals surface area (Å²) in [5.41, 5.74) is 1.88. The van der Waals surface area contributed by atoms with Crippen LogP contribution < -0.4 is 5.32 Å². The van der Waals surface area contributed by atoms with Crippen LogP contribution in [0.2, 0.25) is 0 Å². The van der Waals surface area contributed by atoms with E-state index in [0.29, 0.717) is 0 Å². The largest absolute Gasteiger partial charge is 0.314 e. The van der Waals surface area contributed by atoms with Gasteiger partial charge in [0.05, 0.1) is 6.54 Å². The zero-order chi connectivity index (χ0) is 12.5. The third kappa shape index (κ3) is 2.09. The molecule has 0 spiro atoms. The minimum Gasteiger partial charge on any atom is -0.314 e. The van der Waals surface area contributed by atoms with E-state index in [1.807, 2.05) is 19.9 Å². The summed E-state index contributed by atoms with van der Waals surface area (Å²) in [6.45, 7) is 9.05. The monoisotopic (exact) mass is 246 g/mol. The first-order valence-electron chi connectivity index (χ1n) is 6.35. The predicted molar refractivity (Wildman–Crippen MR) is 68.4 cm³/mol. The van der Waals surface area contributed by atoms with Gasteiger partial charge in [-0.1, -0.05) is 0 Å². The molecule has 0 bridgehead atoms. The number of aromatic nitrogens is 4. The standard InChI is InChI=1S/C12H18N6/c1-9-7-11-15-16-12(18(11)10(2)14-9)8-17-5-3-13-4-6-17/h7,13H,3-6,8H2,1-2H3. The van der Waals surface area contributed by atoms with Gasteiger partial charge >= 0.3 is 0 Å². The van der Waals surface area contributed by atoms with Crippen LogP contribution >= 0.6 is 0 Å². The molecule has 1 saturated heterocycles. The van der Waals surface area contributed by atoms with Gasteiger partial charge < -0.3 is 5.32 Å². The molecule has 0 aromatic carbocycles. The number of nitrogens with one attached hydrogen (secondary N) is 1. The lowest BCUT2D eigenvalue weighted by Gasteiger charge is -2.26. The van der Waals surface area contributed by atoms with Crippen molar-refractivity contribution in [1.29, 1.82) is 0 Å². The van der Waals surface area contributed by atoms with E-state index >= 15 is 0 Å². The highest BCUT2D eigenvalue weighted by Crippen LogP contribution is 2.10. The highest BCUT2D eigenvalue weighted by atomic mass is 15.3. The molecule has 0 radical (unpaired) electrons. The van der Waals surface area contributed by atoms with Crippen LogP contribution in [0, 0.1) is 13.8 Å². The van der Waals surface area contributed by atoms with E-state index in [4.69, 9.17) is 0 Å². The van der Waals surface area contributed by atoms with Gasteiger partial charge in [-0.15, -0.1) is 10.2 Å². The molecule has 1 aliphatic heterocycles. The first kappa shape index (κ1) is 11.6. The van der Waals surface area contributed by atoms with Gasteiger partial charge in [0.1, 0.15) is 5.82 Å². The molecular weight excluding hydrogens is 228 g/mol. The summed E-state index contributed by atoms with van der Waals surface area (Å²) in [5.74, 6) is 1.94. The maximum Gasteiger partial charge on any atom is 0.164 e. The van der Waals surface area contributed by atoms with Gasteiger partial charge in [-0.3, -0.25) is 9.30 Å². The molecule has 18 heavy (non-hydrogen) atoms. The summed E-state index contributed by atoms with van der Waals surface area (Å²) in [6, 6.07) is 1.97. The highest BCUT2D eigenvalue weighted by molar-refractivity contribution is 5.39. The Morgan fingerprint density at radius 1 is 1.22 bits per heavy atom. The summed E-state index contributed by atoms with van der Waals surface area (Å²) < 4.78 is 2.05. The number of fused-ring (bicyclic) bond motifs is 1. The quantitative estimate of drug-likeness (QED) is 0.817. The van der Waals surface area contributed by atoms with E-state index in [9.17, 15) is 0 Å². The van der Waals surface area contributed by atoms with Crippen LogP contribution in [0.4, 0.5) is 0 Å². The van der Waals surface area contributed by atoms with Gasteiger partial charge in [0.25, 0.3) is 0 Å². The maximum atomic E-state index is 4.48. The van der Waals surface area contributed by atoms with Gasteiger partial charge in [0, 0.05) is 37.9 Å². The van der Waals surface area contributed by atoms with Crippen molar-refractivity contribution in [3.05, 3.63) is 23.4 Å². The summed E-state index contributed by atoms with van der Waals surface area (Å²) >= 11 is 0. The summed E-state index contributed by atoms with van der Waals surface area (Å²) in [5, 5.41) is 11.9. The van der Waals surface area contributed by atoms with Crippen molar-refractivity contribution in [3.8, 4) is 0 Å². The van der Waals surface area contributed by atoms with Crippen molar-refractivity contribution in [3.63, 3.8) is 0 Å². The second-order valence-electron chi connectivity index (χ2n) is 4.78. The van der Waals surface area contributed by atoms with Gasteiger partial charge in [0.15, 0.2) is 11.5 Å². The average Bonchev–Trinajstić information content (AvgIpc) is 2.73. The molecule has 1 fully saturated rings. The van der Waals surface area contributed by atoms with Crippen molar-refractivity contribution in [2.24, 2.45) is 0 Å². The number of nitrogens with zero attached hydrogens (tertiary/aromatic N) is 5. The molecule has 96 valence electrons. The van der Waals surface area contributed by atoms with E-state index in [1.165, 1.54) is 0 Å². The molecule has 0 saturated carbocycles. The van der Waals surface area contributed by atoms with Crippen LogP contribution in [-0.4, -0.2) is 50.7 Å². The molecule has 6 heteroatoms. The first-order valence-corrected chi connectivity index (χ1v) is 6.35. The molecular formula is C12H18N6. The van der Waals surface area contributed by atoms with Crippen LogP contribution in [-0.2, 0) is 6.54 Å². The molecule has 2 aromatic rings. The lowest BCUT2D eigenvalue weighted by atomic mass is 10.3. The Morgan fingerprint density at radius 3 is 2.78 bits per heavy atom. The fraction of sp³-hybridized carbons (Fsp3) is 0.583. The molecule has 1 N–H and O–H groups in total. The van der Waals surface area contributed by atoms with Crippen molar-refractivity contribution < 1.29 is 0 Å². The molecule has 0 atom stereocenters. The number of hydrogen-bond acceptors (Lipinski definition) is 5. The van der Waals surface area contributed by atoms with E-state index in [0.717, 1.165) is 55.7 Å². The molecule has 1 aliphatic rings. The maximum absolute atomic E-state index is 4.48. The lowest BCUT2D eigenvalue weighted by Crippen LogP contribution is -2.43. The number of rotatable bonds is 2. The number of aryl methyl sites for hydroxylation is 2. The third-order valence-electron chi connectivity index (χ3n) is 3.33. The van der Waals surface area contributed by atoms with E-state index in [2.05, 4.69) is 29.8 Å². The summed E-state index contributed by atoms with van der Waals surface area (Å²) in [7, 11) is 0. The Morgan fingerprint density at radius 2 is 2.00 bits per heavy atom. The second-order valence-corrected chi connectivity index (χ2v) is 4.78. The fourth-order valence-corrected chi connectivity index (χ4v) is 2.47. The predicted octanol–water partition coefficient (Wildman–Crippen LogP) is 0.146. The van der Waals surface area contributed by atoms with Crippen molar-refractivity contribution in [2.75, 3.05) is 26.2 Å². The SMILES string of the molecule is Cc1cc2nnc(CN3CCNCC3)n2c(C)n1. The molecule has 0 amide bonds. The first-order chi connectivity index (χ1) is 8.74. The van der Waals surface area contributed by atoms with Crippen molar-refractivity contribution >= 4 is 5.65 Å². The zero-order valence-electron chi connectivity index (χ0n) is 10.8. The molecule has 6 nitrogen and oxygen atoms in total. The number of piperazine rings is 1. The van der Waals surface area contributed by atoms with Gasteiger partial charge in [-0.05, 0) is 13.8 Å². The van der Waals surface area contributed by atoms with Crippen LogP contribution in [0.25, 0.3) is 5.65 Å². The Labute approximate surface area is 106 Å². The average molecular weight is 246 g/mol. The minimum absolute atomic E-state index is 0.842. The topological polar surface area (TPSA) is 58.4 Å². The molecule has 2 aromatic heterocycles. The Bertz CT molecular complexity index is 555. The van der Waals surface area contributed by atoms with Crippen LogP contribution in [0.3, 0.4) is 0 Å². The molecule has 0 aliphatic carbocycles. The van der Waals surface area contributed by atoms with Crippen molar-refractivity contribution in [1.82, 2.24) is 29.8 Å². The number of hydrogen-bond donors (Lipinski definition) is 1. The van der Waals surface area contributed by atoms with Gasteiger partial charge in [0.2, 0.25) is 0 Å². The highest BCUT2D eigenvalue weighted by Gasteiger charge is 2.15. The van der Waals surface area contributed by atoms with Crippen LogP contribution in [0.15, 0.2) is 6.07 Å². The lowest BCUT2D eigenvalue weighted by molar-refractivity contribution is 0.227. The Kier molecular flexibility index (Phi) is 2.97. The second kappa shape index (κ2) is 4.62. The Hall–Kier alpha value is -1.53. The summed E-state index contributed by atoms with van der Waals surface area (Å²) in [4.78, 5) is 6.87. The van der Waals surface area contributed by atoms with Crippen LogP contribution in [0.1, 0.15) is 17.3 Å². The molecule has 0 unspecified atom stereocenters. The normalized spacial score (nSPS) is 17.4. The van der Waals surface area contributed by atoms with E-state index in [-0.39, 0.29) is 0 Å². The minimum atomic E-state index is 0.842. The molecule has 3 heterocycles.